The van der Waals surface area contributed by atoms with Crippen molar-refractivity contribution in [3.05, 3.63) is 83.2 Å². The molecule has 0 N–H and O–H groups in total. The van der Waals surface area contributed by atoms with Crippen LogP contribution in [0.3, 0.4) is 0 Å². The van der Waals surface area contributed by atoms with E-state index in [1.165, 1.54) is 27.5 Å². The number of fused-ring (bicyclic) bond motifs is 1. The Labute approximate surface area is 169 Å². The van der Waals surface area contributed by atoms with Crippen molar-refractivity contribution >= 4 is 22.5 Å². The second kappa shape index (κ2) is 8.07. The summed E-state index contributed by atoms with van der Waals surface area (Å²) < 4.78 is 7.95. The smallest absolute Gasteiger partial charge is 0.191 e. The molecule has 28 heavy (non-hydrogen) atoms. The maximum Gasteiger partial charge on any atom is 0.191 e. The maximum absolute atomic E-state index is 5.94. The number of nitrogens with zero attached hydrogens (tertiary/aromatic N) is 3. The van der Waals surface area contributed by atoms with Crippen molar-refractivity contribution in [3.8, 4) is 5.75 Å². The molecule has 0 aliphatic carbocycles. The minimum Gasteiger partial charge on any atom is -0.486 e. The van der Waals surface area contributed by atoms with Crippen molar-refractivity contribution in [2.45, 2.75) is 31.4 Å². The predicted octanol–water partition coefficient (Wildman–Crippen LogP) is 5.46. The number of benzene rings is 3. The van der Waals surface area contributed by atoms with Crippen LogP contribution >= 0.6 is 11.8 Å². The van der Waals surface area contributed by atoms with Gasteiger partial charge < -0.3 is 9.30 Å². The van der Waals surface area contributed by atoms with Crippen LogP contribution < -0.4 is 4.74 Å². The molecule has 0 saturated carbocycles. The van der Waals surface area contributed by atoms with Crippen molar-refractivity contribution < 1.29 is 4.74 Å². The van der Waals surface area contributed by atoms with Gasteiger partial charge in [0.1, 0.15) is 12.4 Å². The maximum atomic E-state index is 5.94. The molecule has 0 fully saturated rings. The predicted molar refractivity (Wildman–Crippen MR) is 115 cm³/mol. The van der Waals surface area contributed by atoms with Gasteiger partial charge in [-0.1, -0.05) is 60.3 Å². The van der Waals surface area contributed by atoms with Gasteiger partial charge in [-0.2, -0.15) is 0 Å². The third-order valence-electron chi connectivity index (χ3n) is 4.72. The fourth-order valence-electron chi connectivity index (χ4n) is 3.32. The van der Waals surface area contributed by atoms with Crippen molar-refractivity contribution in [2.24, 2.45) is 7.05 Å². The monoisotopic (exact) mass is 389 g/mol. The van der Waals surface area contributed by atoms with Crippen molar-refractivity contribution in [1.82, 2.24) is 14.8 Å². The van der Waals surface area contributed by atoms with Crippen LogP contribution in [-0.2, 0) is 19.4 Å². The van der Waals surface area contributed by atoms with Crippen molar-refractivity contribution in [2.75, 3.05) is 0 Å². The van der Waals surface area contributed by atoms with Gasteiger partial charge in [0.2, 0.25) is 0 Å². The van der Waals surface area contributed by atoms with E-state index in [1.54, 1.807) is 11.8 Å². The summed E-state index contributed by atoms with van der Waals surface area (Å²) >= 11 is 1.70. The van der Waals surface area contributed by atoms with Crippen LogP contribution in [0, 0.1) is 13.8 Å². The molecular weight excluding hydrogens is 366 g/mol. The van der Waals surface area contributed by atoms with Gasteiger partial charge in [0.25, 0.3) is 0 Å². The van der Waals surface area contributed by atoms with Crippen LogP contribution in [-0.4, -0.2) is 14.8 Å². The first-order valence-corrected chi connectivity index (χ1v) is 10.3. The van der Waals surface area contributed by atoms with Crippen LogP contribution in [0.1, 0.15) is 22.5 Å². The molecule has 3 aromatic carbocycles. The first-order chi connectivity index (χ1) is 13.6. The van der Waals surface area contributed by atoms with Gasteiger partial charge in [0.15, 0.2) is 11.0 Å². The number of hydrogen-bond acceptors (Lipinski definition) is 4. The van der Waals surface area contributed by atoms with Crippen molar-refractivity contribution in [1.29, 1.82) is 0 Å². The Kier molecular flexibility index (Phi) is 5.35. The molecule has 0 saturated heterocycles. The van der Waals surface area contributed by atoms with Crippen LogP contribution in [0.25, 0.3) is 10.8 Å². The molecule has 0 atom stereocenters. The van der Waals surface area contributed by atoms with E-state index in [0.29, 0.717) is 6.61 Å². The molecule has 0 radical (unpaired) electrons. The Morgan fingerprint density at radius 3 is 2.50 bits per heavy atom. The highest BCUT2D eigenvalue weighted by Gasteiger charge is 2.11. The van der Waals surface area contributed by atoms with Gasteiger partial charge in [0, 0.05) is 12.8 Å². The first kappa shape index (κ1) is 18.6. The molecule has 0 spiro atoms. The number of hydrogen-bond donors (Lipinski definition) is 0. The molecule has 4 aromatic rings. The third kappa shape index (κ3) is 4.04. The summed E-state index contributed by atoms with van der Waals surface area (Å²) in [6, 6.07) is 21.1. The lowest BCUT2D eigenvalue weighted by atomic mass is 10.1. The highest BCUT2D eigenvalue weighted by molar-refractivity contribution is 7.98. The highest BCUT2D eigenvalue weighted by Crippen LogP contribution is 2.26. The number of thioether (sulfide) groups is 1. The number of rotatable bonds is 6. The fraction of sp³-hybridized carbons (Fsp3) is 0.217. The summed E-state index contributed by atoms with van der Waals surface area (Å²) in [6.45, 7) is 4.55. The first-order valence-electron chi connectivity index (χ1n) is 9.29. The lowest BCUT2D eigenvalue weighted by molar-refractivity contribution is 0.290. The summed E-state index contributed by atoms with van der Waals surface area (Å²) in [4.78, 5) is 0. The van der Waals surface area contributed by atoms with Crippen LogP contribution in [0.15, 0.2) is 65.8 Å². The lowest BCUT2D eigenvalue weighted by Gasteiger charge is -2.09. The second-order valence-corrected chi connectivity index (χ2v) is 7.94. The van der Waals surface area contributed by atoms with Crippen molar-refractivity contribution in [3.63, 3.8) is 0 Å². The van der Waals surface area contributed by atoms with E-state index in [-0.39, 0.29) is 0 Å². The molecule has 0 bridgehead atoms. The summed E-state index contributed by atoms with van der Waals surface area (Å²) in [5, 5.41) is 12.1. The summed E-state index contributed by atoms with van der Waals surface area (Å²) in [5.74, 6) is 2.54. The average molecular weight is 390 g/mol. The fourth-order valence-corrected chi connectivity index (χ4v) is 4.26. The highest BCUT2D eigenvalue weighted by atomic mass is 32.2. The molecule has 0 unspecified atom stereocenters. The van der Waals surface area contributed by atoms with E-state index in [0.717, 1.165) is 22.5 Å². The van der Waals surface area contributed by atoms with Crippen LogP contribution in [0.5, 0.6) is 5.75 Å². The zero-order chi connectivity index (χ0) is 19.5. The van der Waals surface area contributed by atoms with Gasteiger partial charge in [-0.15, -0.1) is 10.2 Å². The van der Waals surface area contributed by atoms with Gasteiger partial charge in [0.05, 0.1) is 0 Å². The molecule has 0 aliphatic rings. The Bertz CT molecular complexity index is 1090. The number of ether oxygens (including phenoxy) is 1. The Morgan fingerprint density at radius 1 is 0.929 bits per heavy atom. The van der Waals surface area contributed by atoms with Crippen LogP contribution in [0.4, 0.5) is 0 Å². The second-order valence-electron chi connectivity index (χ2n) is 7.00. The van der Waals surface area contributed by atoms with Gasteiger partial charge in [-0.05, 0) is 53.4 Å². The Hall–Kier alpha value is -2.79. The molecule has 4 rings (SSSR count). The quantitative estimate of drug-likeness (QED) is 0.411. The van der Waals surface area contributed by atoms with E-state index >= 15 is 0 Å². The third-order valence-corrected chi connectivity index (χ3v) is 5.79. The standard InChI is InChI=1S/C23H23N3OS/c1-16-11-17(2)13-20(12-16)27-14-22-24-25-23(26(22)3)28-15-19-9-6-8-18-7-4-5-10-21(18)19/h4-13H,14-15H2,1-3H3. The molecule has 0 amide bonds. The molecule has 0 aliphatic heterocycles. The van der Waals surface area contributed by atoms with E-state index in [9.17, 15) is 0 Å². The Balaban J connectivity index is 1.44. The topological polar surface area (TPSA) is 39.9 Å². The minimum atomic E-state index is 0.404. The molecule has 142 valence electrons. The largest absolute Gasteiger partial charge is 0.486 e. The van der Waals surface area contributed by atoms with E-state index in [1.807, 2.05) is 23.7 Å². The van der Waals surface area contributed by atoms with E-state index in [2.05, 4.69) is 72.6 Å². The average Bonchev–Trinajstić information content (AvgIpc) is 3.03. The zero-order valence-electron chi connectivity index (χ0n) is 16.3. The van der Waals surface area contributed by atoms with E-state index in [4.69, 9.17) is 4.74 Å². The molecule has 1 aromatic heterocycles. The van der Waals surface area contributed by atoms with Crippen LogP contribution in [0.2, 0.25) is 0 Å². The summed E-state index contributed by atoms with van der Waals surface area (Å²) in [5.41, 5.74) is 3.69. The van der Waals surface area contributed by atoms with Gasteiger partial charge in [-0.3, -0.25) is 0 Å². The molecule has 5 heteroatoms. The SMILES string of the molecule is Cc1cc(C)cc(OCc2nnc(SCc3cccc4ccccc34)n2C)c1. The Morgan fingerprint density at radius 2 is 1.68 bits per heavy atom. The molecule has 4 nitrogen and oxygen atoms in total. The normalized spacial score (nSPS) is 11.1. The minimum absolute atomic E-state index is 0.404. The van der Waals surface area contributed by atoms with Gasteiger partial charge >= 0.3 is 0 Å². The van der Waals surface area contributed by atoms with Gasteiger partial charge in [-0.25, -0.2) is 0 Å². The number of aryl methyl sites for hydroxylation is 2. The van der Waals surface area contributed by atoms with E-state index < -0.39 is 0 Å². The molecule has 1 heterocycles. The lowest BCUT2D eigenvalue weighted by Crippen LogP contribution is -2.04. The summed E-state index contributed by atoms with van der Waals surface area (Å²) in [7, 11) is 1.99. The summed E-state index contributed by atoms with van der Waals surface area (Å²) in [6.07, 6.45) is 0. The number of aromatic nitrogens is 3. The zero-order valence-corrected chi connectivity index (χ0v) is 17.2. The molecular formula is C23H23N3OS.